The second-order valence-electron chi connectivity index (χ2n) is 4.48. The third-order valence-electron chi connectivity index (χ3n) is 3.13. The molecule has 0 bridgehead atoms. The maximum atomic E-state index is 12.0. The molecular formula is C11H18N4O2. The second-order valence-corrected chi connectivity index (χ2v) is 4.48. The monoisotopic (exact) mass is 238 g/mol. The lowest BCUT2D eigenvalue weighted by Crippen LogP contribution is -2.37. The quantitative estimate of drug-likeness (QED) is 0.727. The third-order valence-corrected chi connectivity index (χ3v) is 3.13. The molecule has 0 aromatic carbocycles. The number of nitrogens with zero attached hydrogens (tertiary/aromatic N) is 4. The van der Waals surface area contributed by atoms with Crippen molar-refractivity contribution in [2.24, 2.45) is 7.05 Å². The van der Waals surface area contributed by atoms with Crippen LogP contribution in [0.25, 0.3) is 0 Å². The minimum atomic E-state index is -0.242. The van der Waals surface area contributed by atoms with E-state index >= 15 is 0 Å². The zero-order valence-corrected chi connectivity index (χ0v) is 10.1. The van der Waals surface area contributed by atoms with Gasteiger partial charge in [-0.1, -0.05) is 12.8 Å². The summed E-state index contributed by atoms with van der Waals surface area (Å²) >= 11 is 0. The predicted molar refractivity (Wildman–Crippen MR) is 62.5 cm³/mol. The fraction of sp³-hybridized carbons (Fsp3) is 0.727. The highest BCUT2D eigenvalue weighted by Crippen LogP contribution is 2.09. The zero-order valence-electron chi connectivity index (χ0n) is 10.1. The number of rotatable bonds is 2. The number of aryl methyl sites for hydroxylation is 1. The molecule has 0 radical (unpaired) electrons. The van der Waals surface area contributed by atoms with Crippen LogP contribution >= 0.6 is 0 Å². The normalized spacial score (nSPS) is 16.9. The molecule has 1 aromatic heterocycles. The van der Waals surface area contributed by atoms with Gasteiger partial charge in [-0.2, -0.15) is 5.10 Å². The topological polar surface area (TPSA) is 60.1 Å². The molecule has 17 heavy (non-hydrogen) atoms. The molecule has 0 N–H and O–H groups in total. The van der Waals surface area contributed by atoms with E-state index in [-0.39, 0.29) is 18.1 Å². The molecule has 1 aliphatic rings. The first kappa shape index (κ1) is 11.9. The van der Waals surface area contributed by atoms with Crippen molar-refractivity contribution in [2.45, 2.75) is 32.2 Å². The molecule has 0 aliphatic carbocycles. The van der Waals surface area contributed by atoms with Crippen LogP contribution in [0.1, 0.15) is 25.7 Å². The van der Waals surface area contributed by atoms with E-state index in [0.717, 1.165) is 25.9 Å². The number of likely N-dealkylation sites (tertiary alicyclic amines) is 1. The summed E-state index contributed by atoms with van der Waals surface area (Å²) in [4.78, 5) is 25.4. The number of carbonyl (C=O) groups is 1. The van der Waals surface area contributed by atoms with Crippen LogP contribution in [0.3, 0.4) is 0 Å². The molecule has 6 nitrogen and oxygen atoms in total. The SMILES string of the molecule is Cn1cnn(CC(=O)N2CCCCCC2)c1=O. The van der Waals surface area contributed by atoms with Crippen LogP contribution in [-0.4, -0.2) is 38.2 Å². The molecule has 1 aliphatic heterocycles. The highest BCUT2D eigenvalue weighted by molar-refractivity contribution is 5.75. The maximum absolute atomic E-state index is 12.0. The molecule has 0 atom stereocenters. The van der Waals surface area contributed by atoms with Crippen molar-refractivity contribution >= 4 is 5.91 Å². The fourth-order valence-corrected chi connectivity index (χ4v) is 2.08. The van der Waals surface area contributed by atoms with Crippen LogP contribution in [0.5, 0.6) is 0 Å². The molecule has 94 valence electrons. The van der Waals surface area contributed by atoms with E-state index in [1.54, 1.807) is 7.05 Å². The smallest absolute Gasteiger partial charge is 0.341 e. The van der Waals surface area contributed by atoms with Gasteiger partial charge in [0.25, 0.3) is 0 Å². The van der Waals surface area contributed by atoms with Gasteiger partial charge in [-0.3, -0.25) is 9.36 Å². The van der Waals surface area contributed by atoms with E-state index in [4.69, 9.17) is 0 Å². The standard InChI is InChI=1S/C11H18N4O2/c1-13-9-12-15(11(13)17)8-10(16)14-6-4-2-3-5-7-14/h9H,2-8H2,1H3. The Labute approximate surface area is 99.8 Å². The first-order chi connectivity index (χ1) is 8.18. The lowest BCUT2D eigenvalue weighted by molar-refractivity contribution is -0.132. The minimum absolute atomic E-state index is 0.00676. The summed E-state index contributed by atoms with van der Waals surface area (Å²) in [6.45, 7) is 1.67. The molecule has 2 heterocycles. The summed E-state index contributed by atoms with van der Waals surface area (Å²) in [6.07, 6.45) is 5.92. The Balaban J connectivity index is 2.00. The number of amides is 1. The summed E-state index contributed by atoms with van der Waals surface area (Å²) < 4.78 is 2.59. The Bertz CT molecular complexity index is 441. The summed E-state index contributed by atoms with van der Waals surface area (Å²) in [5.41, 5.74) is -0.242. The van der Waals surface area contributed by atoms with Gasteiger partial charge in [0.1, 0.15) is 12.9 Å². The van der Waals surface area contributed by atoms with Crippen molar-refractivity contribution in [1.82, 2.24) is 19.2 Å². The fourth-order valence-electron chi connectivity index (χ4n) is 2.08. The average Bonchev–Trinajstić information content (AvgIpc) is 2.59. The van der Waals surface area contributed by atoms with Gasteiger partial charge in [0.2, 0.25) is 5.91 Å². The Morgan fingerprint density at radius 2 is 1.94 bits per heavy atom. The first-order valence-corrected chi connectivity index (χ1v) is 6.04. The molecule has 1 amide bonds. The van der Waals surface area contributed by atoms with Gasteiger partial charge in [-0.25, -0.2) is 9.48 Å². The van der Waals surface area contributed by atoms with E-state index in [2.05, 4.69) is 5.10 Å². The number of hydrogen-bond acceptors (Lipinski definition) is 3. The van der Waals surface area contributed by atoms with Gasteiger partial charge < -0.3 is 4.90 Å². The molecule has 6 heteroatoms. The maximum Gasteiger partial charge on any atom is 0.345 e. The minimum Gasteiger partial charge on any atom is -0.341 e. The van der Waals surface area contributed by atoms with Gasteiger partial charge in [-0.15, -0.1) is 0 Å². The van der Waals surface area contributed by atoms with Crippen molar-refractivity contribution < 1.29 is 4.79 Å². The van der Waals surface area contributed by atoms with E-state index in [1.807, 2.05) is 4.90 Å². The molecule has 1 saturated heterocycles. The van der Waals surface area contributed by atoms with Crippen molar-refractivity contribution in [2.75, 3.05) is 13.1 Å². The van der Waals surface area contributed by atoms with Crippen LogP contribution in [-0.2, 0) is 18.4 Å². The molecule has 0 unspecified atom stereocenters. The Kier molecular flexibility index (Phi) is 3.61. The number of carbonyl (C=O) groups excluding carboxylic acids is 1. The van der Waals surface area contributed by atoms with Crippen molar-refractivity contribution in [3.8, 4) is 0 Å². The highest BCUT2D eigenvalue weighted by atomic mass is 16.2. The molecule has 2 rings (SSSR count). The van der Waals surface area contributed by atoms with Gasteiger partial charge in [0, 0.05) is 20.1 Å². The van der Waals surface area contributed by atoms with Crippen LogP contribution < -0.4 is 5.69 Å². The Morgan fingerprint density at radius 3 is 2.47 bits per heavy atom. The van der Waals surface area contributed by atoms with Crippen LogP contribution in [0, 0.1) is 0 Å². The number of hydrogen-bond donors (Lipinski definition) is 0. The summed E-state index contributed by atoms with van der Waals surface area (Å²) in [6, 6.07) is 0. The summed E-state index contributed by atoms with van der Waals surface area (Å²) in [5, 5.41) is 3.89. The predicted octanol–water partition coefficient (Wildman–Crippen LogP) is -0.0156. The van der Waals surface area contributed by atoms with Gasteiger partial charge >= 0.3 is 5.69 Å². The van der Waals surface area contributed by atoms with Gasteiger partial charge in [0.05, 0.1) is 0 Å². The molecular weight excluding hydrogens is 220 g/mol. The van der Waals surface area contributed by atoms with E-state index in [1.165, 1.54) is 28.4 Å². The van der Waals surface area contributed by atoms with Crippen molar-refractivity contribution in [3.05, 3.63) is 16.8 Å². The third kappa shape index (κ3) is 2.75. The van der Waals surface area contributed by atoms with E-state index < -0.39 is 0 Å². The highest BCUT2D eigenvalue weighted by Gasteiger charge is 2.17. The first-order valence-electron chi connectivity index (χ1n) is 6.04. The van der Waals surface area contributed by atoms with E-state index in [0.29, 0.717) is 0 Å². The lowest BCUT2D eigenvalue weighted by atomic mass is 10.2. The van der Waals surface area contributed by atoms with Crippen LogP contribution in [0.15, 0.2) is 11.1 Å². The summed E-state index contributed by atoms with van der Waals surface area (Å²) in [7, 11) is 1.63. The summed E-state index contributed by atoms with van der Waals surface area (Å²) in [5.74, 6) is -0.00676. The average molecular weight is 238 g/mol. The Morgan fingerprint density at radius 1 is 1.29 bits per heavy atom. The number of aromatic nitrogens is 3. The molecule has 1 fully saturated rings. The van der Waals surface area contributed by atoms with Gasteiger partial charge in [0.15, 0.2) is 0 Å². The van der Waals surface area contributed by atoms with Crippen LogP contribution in [0.2, 0.25) is 0 Å². The van der Waals surface area contributed by atoms with Crippen LogP contribution in [0.4, 0.5) is 0 Å². The van der Waals surface area contributed by atoms with E-state index in [9.17, 15) is 9.59 Å². The van der Waals surface area contributed by atoms with Crippen molar-refractivity contribution in [1.29, 1.82) is 0 Å². The zero-order chi connectivity index (χ0) is 12.3. The molecule has 1 aromatic rings. The Hall–Kier alpha value is -1.59. The second kappa shape index (κ2) is 5.16. The lowest BCUT2D eigenvalue weighted by Gasteiger charge is -2.19. The van der Waals surface area contributed by atoms with Gasteiger partial charge in [-0.05, 0) is 12.8 Å². The molecule has 0 saturated carbocycles. The largest absolute Gasteiger partial charge is 0.345 e. The van der Waals surface area contributed by atoms with Crippen molar-refractivity contribution in [3.63, 3.8) is 0 Å². The molecule has 0 spiro atoms.